The zero-order chi connectivity index (χ0) is 64.1. The van der Waals surface area contributed by atoms with E-state index in [0.29, 0.717) is 75.5 Å². The van der Waals surface area contributed by atoms with Crippen molar-refractivity contribution < 1.29 is 56.9 Å². The van der Waals surface area contributed by atoms with Crippen LogP contribution in [-0.2, 0) is 73.4 Å². The van der Waals surface area contributed by atoms with Crippen molar-refractivity contribution in [2.45, 2.75) is 281 Å². The Kier molecular flexibility index (Phi) is 19.1. The Hall–Kier alpha value is -5.43. The Morgan fingerprint density at radius 2 is 0.880 bits per heavy atom. The highest BCUT2D eigenvalue weighted by Crippen LogP contribution is 2.67. The van der Waals surface area contributed by atoms with Crippen LogP contribution < -0.4 is 10.6 Å². The summed E-state index contributed by atoms with van der Waals surface area (Å²) in [5.41, 5.74) is 4.24. The van der Waals surface area contributed by atoms with Gasteiger partial charge in [0.05, 0.1) is 48.4 Å². The number of nitrogens with zero attached hydrogens (tertiary/aromatic N) is 4. The summed E-state index contributed by atoms with van der Waals surface area (Å²) >= 11 is 0. The number of nitrogens with one attached hydrogen (secondary N) is 2. The molecule has 498 valence electrons. The van der Waals surface area contributed by atoms with E-state index < -0.39 is 50.7 Å². The minimum Gasteiger partial charge on any atom is -0.444 e. The number of hydrogen-bond donors (Lipinski definition) is 2. The summed E-state index contributed by atoms with van der Waals surface area (Å²) in [6, 6.07) is 14.6. The van der Waals surface area contributed by atoms with E-state index in [0.717, 1.165) is 112 Å². The number of fused-ring (bicyclic) bond motifs is 4. The van der Waals surface area contributed by atoms with Crippen molar-refractivity contribution in [3.05, 3.63) is 82.9 Å². The van der Waals surface area contributed by atoms with E-state index >= 15 is 0 Å². The van der Waals surface area contributed by atoms with Crippen LogP contribution in [0.5, 0.6) is 0 Å². The summed E-state index contributed by atoms with van der Waals surface area (Å²) in [4.78, 5) is 88.5. The van der Waals surface area contributed by atoms with E-state index in [-0.39, 0.29) is 89.3 Å². The van der Waals surface area contributed by atoms with Gasteiger partial charge in [-0.25, -0.2) is 9.59 Å². The third-order valence-electron chi connectivity index (χ3n) is 24.7. The molecule has 2 aromatic rings. The minimum absolute atomic E-state index is 0.0309. The second kappa shape index (κ2) is 27.0. The number of hydrogen-bond acceptors (Lipinski definition) is 12. The number of carbonyl (C=O) groups excluding carboxylic acids is 6. The van der Waals surface area contributed by atoms with Crippen LogP contribution in [0.15, 0.2) is 60.7 Å². The lowest BCUT2D eigenvalue weighted by atomic mass is 9.43. The minimum atomic E-state index is -0.716. The standard InChI is InChI=1S/C36H52BN3O6.C36H50BN3O6/c2*1-35(2)26-18-29(35)36(3)30(19-26)45-37(46-36)31-16-10-8-6-4-5-7-9-11-17-32(41)40-23-27(20-28(40)33(42)38-31)44-34(43)39-21-24-14-12-13-15-25(24)22-39/h12-15,26-31H,4-11,16-23H2,1-3H3,(H,38,42);7,9,12-15,26-31H,4-6,8,10-11,16-23H2,1-3H3,(H,38,42)/b;9-7+/t2*26-,27-,28+,29-,30?,31+,36-/m11/s1. The number of benzene rings is 2. The molecule has 2 N–H and O–H groups in total. The van der Waals surface area contributed by atoms with Crippen LogP contribution >= 0.6 is 0 Å². The molecule has 92 heavy (non-hydrogen) atoms. The quantitative estimate of drug-likeness (QED) is 0.218. The second-order valence-electron chi connectivity index (χ2n) is 31.1. The number of rotatable bonds is 4. The van der Waals surface area contributed by atoms with E-state index in [4.69, 9.17) is 28.1 Å². The molecule has 8 heterocycles. The first kappa shape index (κ1) is 65.2. The molecule has 2 unspecified atom stereocenters. The van der Waals surface area contributed by atoms with Gasteiger partial charge in [0.15, 0.2) is 0 Å². The highest BCUT2D eigenvalue weighted by atomic mass is 16.7. The Morgan fingerprint density at radius 3 is 1.32 bits per heavy atom. The van der Waals surface area contributed by atoms with E-state index in [1.807, 2.05) is 48.5 Å². The maximum atomic E-state index is 14.1. The summed E-state index contributed by atoms with van der Waals surface area (Å²) in [5, 5.41) is 6.62. The molecule has 20 heteroatoms. The van der Waals surface area contributed by atoms with Gasteiger partial charge in [-0.05, 0) is 135 Å². The lowest BCUT2D eigenvalue weighted by molar-refractivity contribution is -0.199. The molecule has 11 fully saturated rings. The van der Waals surface area contributed by atoms with Gasteiger partial charge in [-0.15, -0.1) is 0 Å². The van der Waals surface area contributed by atoms with Gasteiger partial charge >= 0.3 is 26.4 Å². The lowest BCUT2D eigenvalue weighted by Gasteiger charge is -2.64. The smallest absolute Gasteiger partial charge is 0.444 e. The fourth-order valence-corrected chi connectivity index (χ4v) is 18.8. The molecule has 0 radical (unpaired) electrons. The molecule has 18 nitrogen and oxygen atoms in total. The number of carbonyl (C=O) groups is 6. The summed E-state index contributed by atoms with van der Waals surface area (Å²) in [7, 11) is -1.03. The largest absolute Gasteiger partial charge is 0.481 e. The molecule has 5 saturated heterocycles. The van der Waals surface area contributed by atoms with Gasteiger partial charge < -0.3 is 48.5 Å². The topological polar surface area (TPSA) is 195 Å². The van der Waals surface area contributed by atoms with Crippen molar-refractivity contribution in [2.75, 3.05) is 13.1 Å². The Morgan fingerprint density at radius 1 is 0.489 bits per heavy atom. The molecular weight excluding hydrogens is 1160 g/mol. The summed E-state index contributed by atoms with van der Waals surface area (Å²) < 4.78 is 38.9. The van der Waals surface area contributed by atoms with Gasteiger partial charge in [0, 0.05) is 51.9 Å². The van der Waals surface area contributed by atoms with E-state index in [1.165, 1.54) is 32.1 Å². The first-order valence-corrected chi connectivity index (χ1v) is 35.8. The third-order valence-corrected chi connectivity index (χ3v) is 24.7. The van der Waals surface area contributed by atoms with Gasteiger partial charge in [0.1, 0.15) is 24.3 Å². The van der Waals surface area contributed by atoms with Gasteiger partial charge in [-0.3, -0.25) is 29.0 Å². The Balaban J connectivity index is 0.000000168. The van der Waals surface area contributed by atoms with Gasteiger partial charge in [-0.1, -0.05) is 153 Å². The predicted octanol–water partition coefficient (Wildman–Crippen LogP) is 11.3. The number of allylic oxidation sites excluding steroid dienone is 2. The molecule has 16 rings (SSSR count). The van der Waals surface area contributed by atoms with Crippen molar-refractivity contribution >= 4 is 50.1 Å². The Labute approximate surface area is 546 Å². The van der Waals surface area contributed by atoms with Gasteiger partial charge in [0.25, 0.3) is 0 Å². The zero-order valence-electron chi connectivity index (χ0n) is 55.8. The van der Waals surface area contributed by atoms with E-state index in [9.17, 15) is 28.8 Å². The number of amides is 6. The van der Waals surface area contributed by atoms with Crippen LogP contribution in [0.25, 0.3) is 0 Å². The highest BCUT2D eigenvalue weighted by molar-refractivity contribution is 6.48. The third kappa shape index (κ3) is 13.1. The SMILES string of the molecule is CC1(C)[C@H]2CC3OB([C@@H]4CCCCCC/C=C/CCC(=O)N5C[C@H](OC(=O)N6Cc7ccccc7C6)C[C@H]5C(=O)N4)O[C@]3(C)[C@@H]1C2.CC1(C)[C@H]2CC3OB([C@@H]4CCCCCCCCCCC(=O)N5C[C@H](OC(=O)N6Cc7ccccc7C6)C[C@H]5C(=O)N4)O[C@]3(C)[C@@H]1C2. The van der Waals surface area contributed by atoms with Crippen molar-refractivity contribution in [2.24, 2.45) is 34.5 Å². The molecule has 2 aromatic carbocycles. The molecule has 6 aliphatic carbocycles. The first-order valence-electron chi connectivity index (χ1n) is 35.8. The number of ether oxygens (including phenoxy) is 2. The zero-order valence-corrected chi connectivity index (χ0v) is 55.8. The van der Waals surface area contributed by atoms with Crippen molar-refractivity contribution in [1.29, 1.82) is 0 Å². The second-order valence-corrected chi connectivity index (χ2v) is 31.1. The average Bonchev–Trinajstić information content (AvgIpc) is 1.31. The lowest BCUT2D eigenvalue weighted by Crippen LogP contribution is -2.65. The van der Waals surface area contributed by atoms with Crippen LogP contribution in [0.1, 0.15) is 218 Å². The first-order chi connectivity index (χ1) is 44.3. The molecule has 8 aliphatic heterocycles. The van der Waals surface area contributed by atoms with Crippen LogP contribution in [0, 0.1) is 34.5 Å². The molecule has 0 spiro atoms. The van der Waals surface area contributed by atoms with Crippen LogP contribution in [-0.4, -0.2) is 142 Å². The normalized spacial score (nSPS) is 36.5. The van der Waals surface area contributed by atoms with Crippen molar-refractivity contribution in [3.63, 3.8) is 0 Å². The molecule has 4 bridgehead atoms. The molecular formula is C72H102B2N6O12. The fraction of sp³-hybridized carbons (Fsp3) is 0.722. The summed E-state index contributed by atoms with van der Waals surface area (Å²) in [5.74, 6) is 1.01. The Bertz CT molecular complexity index is 3040. The van der Waals surface area contributed by atoms with Crippen molar-refractivity contribution in [3.8, 4) is 0 Å². The van der Waals surface area contributed by atoms with Crippen molar-refractivity contribution in [1.82, 2.24) is 30.2 Å². The predicted molar refractivity (Wildman–Crippen MR) is 348 cm³/mol. The summed E-state index contributed by atoms with van der Waals surface area (Å²) in [6.07, 6.45) is 24.1. The fourth-order valence-electron chi connectivity index (χ4n) is 18.8. The molecule has 6 saturated carbocycles. The van der Waals surface area contributed by atoms with E-state index in [2.05, 4.69) is 64.3 Å². The maximum Gasteiger partial charge on any atom is 0.481 e. The van der Waals surface area contributed by atoms with Gasteiger partial charge in [0.2, 0.25) is 23.6 Å². The molecule has 14 atom stereocenters. The van der Waals surface area contributed by atoms with Crippen LogP contribution in [0.3, 0.4) is 0 Å². The molecule has 14 aliphatic rings. The van der Waals surface area contributed by atoms with E-state index in [1.54, 1.807) is 19.6 Å². The van der Waals surface area contributed by atoms with Gasteiger partial charge in [-0.2, -0.15) is 0 Å². The van der Waals surface area contributed by atoms with Crippen LogP contribution in [0.4, 0.5) is 9.59 Å². The summed E-state index contributed by atoms with van der Waals surface area (Å²) in [6.45, 7) is 16.3. The monoisotopic (exact) mass is 1260 g/mol. The van der Waals surface area contributed by atoms with Crippen LogP contribution in [0.2, 0.25) is 0 Å². The highest BCUT2D eigenvalue weighted by Gasteiger charge is 2.70. The molecule has 0 aromatic heterocycles. The maximum absolute atomic E-state index is 14.1. The average molecular weight is 1270 g/mol. The molecule has 6 amide bonds.